The molecule has 2 heterocycles. The number of rotatable bonds is 4. The topological polar surface area (TPSA) is 72.9 Å². The molecule has 0 aliphatic carbocycles. The minimum atomic E-state index is -0.972. The molecule has 1 N–H and O–H groups in total. The summed E-state index contributed by atoms with van der Waals surface area (Å²) in [6, 6.07) is 0. The highest BCUT2D eigenvalue weighted by molar-refractivity contribution is 9.10. The average Bonchev–Trinajstić information content (AvgIpc) is 2.89. The first-order chi connectivity index (χ1) is 8.52. The molecule has 0 atom stereocenters. The van der Waals surface area contributed by atoms with Crippen LogP contribution in [0.4, 0.5) is 0 Å². The number of carboxylic acid groups (broad SMARTS) is 1. The third-order valence-electron chi connectivity index (χ3n) is 2.64. The van der Waals surface area contributed by atoms with Crippen LogP contribution in [0.25, 0.3) is 0 Å². The molecule has 0 saturated carbocycles. The molecule has 6 nitrogen and oxygen atoms in total. The van der Waals surface area contributed by atoms with Gasteiger partial charge >= 0.3 is 5.97 Å². The van der Waals surface area contributed by atoms with Gasteiger partial charge in [-0.05, 0) is 29.8 Å². The van der Waals surface area contributed by atoms with E-state index in [1.807, 2.05) is 18.5 Å². The van der Waals surface area contributed by atoms with Crippen LogP contribution in [0.1, 0.15) is 28.7 Å². The molecule has 0 aliphatic heterocycles. The zero-order chi connectivity index (χ0) is 13.3. The molecule has 0 amide bonds. The van der Waals surface area contributed by atoms with Gasteiger partial charge in [-0.1, -0.05) is 0 Å². The van der Waals surface area contributed by atoms with Gasteiger partial charge in [-0.2, -0.15) is 10.2 Å². The third kappa shape index (κ3) is 2.31. The summed E-state index contributed by atoms with van der Waals surface area (Å²) in [6.07, 6.45) is 2.85. The molecule has 7 heteroatoms. The summed E-state index contributed by atoms with van der Waals surface area (Å²) < 4.78 is 4.41. The molecule has 0 radical (unpaired) electrons. The molecule has 18 heavy (non-hydrogen) atoms. The Morgan fingerprint density at radius 3 is 2.83 bits per heavy atom. The Balaban J connectivity index is 2.30. The summed E-state index contributed by atoms with van der Waals surface area (Å²) >= 11 is 3.49. The first-order valence-corrected chi connectivity index (χ1v) is 6.29. The van der Waals surface area contributed by atoms with E-state index in [4.69, 9.17) is 5.11 Å². The molecule has 96 valence electrons. The number of aryl methyl sites for hydroxylation is 2. The number of carbonyl (C=O) groups is 1. The van der Waals surface area contributed by atoms with E-state index in [0.29, 0.717) is 6.54 Å². The van der Waals surface area contributed by atoms with Crippen LogP contribution in [0.5, 0.6) is 0 Å². The molecule has 0 aromatic carbocycles. The lowest BCUT2D eigenvalue weighted by molar-refractivity contribution is 0.0697. The monoisotopic (exact) mass is 312 g/mol. The van der Waals surface area contributed by atoms with Crippen LogP contribution < -0.4 is 0 Å². The van der Waals surface area contributed by atoms with Crippen molar-refractivity contribution < 1.29 is 9.90 Å². The second kappa shape index (κ2) is 4.93. The molecule has 2 aromatic heterocycles. The number of hydrogen-bond acceptors (Lipinski definition) is 3. The highest BCUT2D eigenvalue weighted by Crippen LogP contribution is 2.21. The highest BCUT2D eigenvalue weighted by Gasteiger charge is 2.14. The number of hydrogen-bond donors (Lipinski definition) is 1. The third-order valence-corrected chi connectivity index (χ3v) is 3.68. The van der Waals surface area contributed by atoms with E-state index in [2.05, 4.69) is 26.1 Å². The van der Waals surface area contributed by atoms with Crippen molar-refractivity contribution in [2.75, 3.05) is 0 Å². The minimum absolute atomic E-state index is 0.186. The van der Waals surface area contributed by atoms with Gasteiger partial charge in [-0.25, -0.2) is 4.79 Å². The summed E-state index contributed by atoms with van der Waals surface area (Å²) in [6.45, 7) is 5.18. The van der Waals surface area contributed by atoms with Crippen molar-refractivity contribution in [3.05, 3.63) is 33.8 Å². The van der Waals surface area contributed by atoms with Crippen LogP contribution in [0, 0.1) is 6.92 Å². The van der Waals surface area contributed by atoms with Crippen LogP contribution in [-0.2, 0) is 13.1 Å². The maximum Gasteiger partial charge on any atom is 0.338 e. The van der Waals surface area contributed by atoms with Crippen molar-refractivity contribution in [1.29, 1.82) is 0 Å². The summed E-state index contributed by atoms with van der Waals surface area (Å²) in [5.74, 6) is -0.972. The van der Waals surface area contributed by atoms with E-state index < -0.39 is 5.97 Å². The fourth-order valence-electron chi connectivity index (χ4n) is 1.73. The predicted molar refractivity (Wildman–Crippen MR) is 68.6 cm³/mol. The molecular formula is C11H13BrN4O2. The van der Waals surface area contributed by atoms with Gasteiger partial charge in [0, 0.05) is 12.7 Å². The van der Waals surface area contributed by atoms with Gasteiger partial charge in [0.1, 0.15) is 0 Å². The lowest BCUT2D eigenvalue weighted by Gasteiger charge is -2.05. The Kier molecular flexibility index (Phi) is 3.51. The van der Waals surface area contributed by atoms with Gasteiger partial charge in [0.15, 0.2) is 0 Å². The molecule has 0 aliphatic rings. The fraction of sp³-hybridized carbons (Fsp3) is 0.364. The lowest BCUT2D eigenvalue weighted by Crippen LogP contribution is -2.08. The van der Waals surface area contributed by atoms with Crippen LogP contribution in [0.2, 0.25) is 0 Å². The highest BCUT2D eigenvalue weighted by atomic mass is 79.9. The van der Waals surface area contributed by atoms with Crippen LogP contribution in [0.15, 0.2) is 16.9 Å². The second-order valence-corrected chi connectivity index (χ2v) is 4.69. The SMILES string of the molecule is CCn1nc(C)c(Br)c1Cn1cc(C(=O)O)cn1. The number of nitrogens with zero attached hydrogens (tertiary/aromatic N) is 4. The zero-order valence-corrected chi connectivity index (χ0v) is 11.7. The van der Waals surface area contributed by atoms with E-state index in [-0.39, 0.29) is 5.56 Å². The Morgan fingerprint density at radius 2 is 2.28 bits per heavy atom. The molecule has 0 unspecified atom stereocenters. The largest absolute Gasteiger partial charge is 0.478 e. The van der Waals surface area contributed by atoms with Crippen molar-refractivity contribution in [3.8, 4) is 0 Å². The molecule has 2 rings (SSSR count). The van der Waals surface area contributed by atoms with Crippen molar-refractivity contribution in [3.63, 3.8) is 0 Å². The van der Waals surface area contributed by atoms with Crippen LogP contribution in [0.3, 0.4) is 0 Å². The Hall–Kier alpha value is -1.63. The zero-order valence-electron chi connectivity index (χ0n) is 10.1. The van der Waals surface area contributed by atoms with E-state index in [9.17, 15) is 4.79 Å². The number of aromatic carboxylic acids is 1. The van der Waals surface area contributed by atoms with Crippen LogP contribution in [-0.4, -0.2) is 30.6 Å². The molecule has 2 aromatic rings. The van der Waals surface area contributed by atoms with E-state index in [1.165, 1.54) is 12.4 Å². The minimum Gasteiger partial charge on any atom is -0.478 e. The Morgan fingerprint density at radius 1 is 1.56 bits per heavy atom. The van der Waals surface area contributed by atoms with Gasteiger partial charge in [0.2, 0.25) is 0 Å². The number of aromatic nitrogens is 4. The van der Waals surface area contributed by atoms with Crippen LogP contribution >= 0.6 is 15.9 Å². The van der Waals surface area contributed by atoms with Crippen molar-refractivity contribution in [1.82, 2.24) is 19.6 Å². The first-order valence-electron chi connectivity index (χ1n) is 5.50. The molecule has 0 fully saturated rings. The fourth-order valence-corrected chi connectivity index (χ4v) is 2.14. The first kappa shape index (κ1) is 12.8. The average molecular weight is 313 g/mol. The molecule has 0 bridgehead atoms. The maximum atomic E-state index is 10.8. The smallest absolute Gasteiger partial charge is 0.338 e. The standard InChI is InChI=1S/C11H13BrN4O2/c1-3-16-9(10(12)7(2)14-16)6-15-5-8(4-13-15)11(17)18/h4-5H,3,6H2,1-2H3,(H,17,18). The van der Waals surface area contributed by atoms with Gasteiger partial charge in [0.05, 0.1) is 34.2 Å². The van der Waals surface area contributed by atoms with Gasteiger partial charge in [-0.15, -0.1) is 0 Å². The summed E-state index contributed by atoms with van der Waals surface area (Å²) in [7, 11) is 0. The summed E-state index contributed by atoms with van der Waals surface area (Å²) in [5.41, 5.74) is 2.08. The molecular weight excluding hydrogens is 300 g/mol. The van der Waals surface area contributed by atoms with Crippen molar-refractivity contribution >= 4 is 21.9 Å². The van der Waals surface area contributed by atoms with E-state index >= 15 is 0 Å². The van der Waals surface area contributed by atoms with Crippen molar-refractivity contribution in [2.24, 2.45) is 0 Å². The Bertz CT molecular complexity index is 588. The summed E-state index contributed by atoms with van der Waals surface area (Å²) in [5, 5.41) is 17.3. The molecule has 0 spiro atoms. The van der Waals surface area contributed by atoms with Gasteiger partial charge < -0.3 is 5.11 Å². The molecule has 0 saturated heterocycles. The van der Waals surface area contributed by atoms with Gasteiger partial charge in [0.25, 0.3) is 0 Å². The number of carboxylic acids is 1. The van der Waals surface area contributed by atoms with Gasteiger partial charge in [-0.3, -0.25) is 9.36 Å². The van der Waals surface area contributed by atoms with E-state index in [1.54, 1.807) is 4.68 Å². The second-order valence-electron chi connectivity index (χ2n) is 3.89. The predicted octanol–water partition coefficient (Wildman–Crippen LogP) is 1.92. The van der Waals surface area contributed by atoms with Crippen molar-refractivity contribution in [2.45, 2.75) is 26.9 Å². The number of halogens is 1. The van der Waals surface area contributed by atoms with E-state index in [0.717, 1.165) is 22.4 Å². The Labute approximate surface area is 112 Å². The lowest BCUT2D eigenvalue weighted by atomic mass is 10.3. The quantitative estimate of drug-likeness (QED) is 0.936. The maximum absolute atomic E-state index is 10.8. The summed E-state index contributed by atoms with van der Waals surface area (Å²) in [4.78, 5) is 10.8. The normalized spacial score (nSPS) is 10.8.